The standard InChI is InChI=1S/C24H26N2O/c27-23-14-19(18-10-5-2-6-11-18)20-16-26(15-17-8-3-1-4-9-17)22-13-7-12-21(25-23)24(20)22/h1,3-4,7-9,12-13,16,18-19H,2,5-6,10-11,14-15H2,(H,25,27)/t19-/m0/s1. The molecule has 5 rings (SSSR count). The molecule has 0 saturated heterocycles. The van der Waals surface area contributed by atoms with Crippen molar-refractivity contribution in [2.24, 2.45) is 5.92 Å². The molecule has 2 aliphatic rings. The maximum absolute atomic E-state index is 12.6. The number of carbonyl (C=O) groups is 1. The van der Waals surface area contributed by atoms with Gasteiger partial charge in [0.2, 0.25) is 5.91 Å². The van der Waals surface area contributed by atoms with Gasteiger partial charge in [-0.05, 0) is 47.9 Å². The van der Waals surface area contributed by atoms with Crippen molar-refractivity contribution < 1.29 is 4.79 Å². The second kappa shape index (κ2) is 6.88. The third-order valence-electron chi connectivity index (χ3n) is 6.43. The van der Waals surface area contributed by atoms with Gasteiger partial charge in [0.15, 0.2) is 0 Å². The monoisotopic (exact) mass is 358 g/mol. The van der Waals surface area contributed by atoms with Crippen molar-refractivity contribution in [1.29, 1.82) is 0 Å². The van der Waals surface area contributed by atoms with Crippen molar-refractivity contribution >= 4 is 22.5 Å². The summed E-state index contributed by atoms with van der Waals surface area (Å²) in [5.74, 6) is 1.14. The van der Waals surface area contributed by atoms with E-state index in [0.717, 1.165) is 12.2 Å². The summed E-state index contributed by atoms with van der Waals surface area (Å²) in [5.41, 5.74) is 4.90. The predicted octanol–water partition coefficient (Wildman–Crippen LogP) is 5.70. The van der Waals surface area contributed by atoms with E-state index in [0.29, 0.717) is 18.3 Å². The zero-order valence-electron chi connectivity index (χ0n) is 15.7. The van der Waals surface area contributed by atoms with E-state index in [1.165, 1.54) is 54.1 Å². The van der Waals surface area contributed by atoms with Crippen LogP contribution in [0.2, 0.25) is 0 Å². The number of nitrogens with one attached hydrogen (secondary N) is 1. The summed E-state index contributed by atoms with van der Waals surface area (Å²) >= 11 is 0. The molecular weight excluding hydrogens is 332 g/mol. The highest BCUT2D eigenvalue weighted by Gasteiger charge is 2.32. The van der Waals surface area contributed by atoms with Crippen LogP contribution in [0.5, 0.6) is 0 Å². The fraction of sp³-hybridized carbons (Fsp3) is 0.375. The van der Waals surface area contributed by atoms with Crippen LogP contribution in [0.4, 0.5) is 5.69 Å². The summed E-state index contributed by atoms with van der Waals surface area (Å²) < 4.78 is 2.37. The Bertz CT molecular complexity index is 967. The SMILES string of the molecule is O=C1C[C@@H](C2CCCCC2)c2cn(Cc3ccccc3)c3cccc(c23)N1. The predicted molar refractivity (Wildman–Crippen MR) is 110 cm³/mol. The Labute approximate surface area is 160 Å². The molecule has 0 radical (unpaired) electrons. The minimum absolute atomic E-state index is 0.170. The van der Waals surface area contributed by atoms with Gasteiger partial charge >= 0.3 is 0 Å². The van der Waals surface area contributed by atoms with E-state index in [2.05, 4.69) is 64.6 Å². The lowest BCUT2D eigenvalue weighted by molar-refractivity contribution is -0.116. The van der Waals surface area contributed by atoms with Gasteiger partial charge in [-0.3, -0.25) is 4.79 Å². The second-order valence-electron chi connectivity index (χ2n) is 8.15. The molecule has 138 valence electrons. The van der Waals surface area contributed by atoms with Crippen molar-refractivity contribution in [3.05, 3.63) is 65.9 Å². The maximum atomic E-state index is 12.6. The number of carbonyl (C=O) groups excluding carboxylic acids is 1. The van der Waals surface area contributed by atoms with Crippen molar-refractivity contribution in [2.45, 2.75) is 51.0 Å². The van der Waals surface area contributed by atoms with Crippen molar-refractivity contribution in [3.8, 4) is 0 Å². The van der Waals surface area contributed by atoms with Gasteiger partial charge in [-0.2, -0.15) is 0 Å². The Kier molecular flexibility index (Phi) is 4.23. The van der Waals surface area contributed by atoms with Crippen LogP contribution in [0.15, 0.2) is 54.7 Å². The van der Waals surface area contributed by atoms with Crippen LogP contribution in [0.3, 0.4) is 0 Å². The minimum atomic E-state index is 0.170. The highest BCUT2D eigenvalue weighted by atomic mass is 16.1. The van der Waals surface area contributed by atoms with E-state index in [1.807, 2.05) is 0 Å². The number of anilines is 1. The van der Waals surface area contributed by atoms with Crippen LogP contribution in [0, 0.1) is 5.92 Å². The lowest BCUT2D eigenvalue weighted by Gasteiger charge is -2.29. The lowest BCUT2D eigenvalue weighted by Crippen LogP contribution is -2.20. The van der Waals surface area contributed by atoms with Crippen LogP contribution in [0.1, 0.15) is 55.6 Å². The zero-order chi connectivity index (χ0) is 18.2. The van der Waals surface area contributed by atoms with Gasteiger partial charge < -0.3 is 9.88 Å². The number of hydrogen-bond donors (Lipinski definition) is 1. The molecule has 2 heterocycles. The first-order valence-corrected chi connectivity index (χ1v) is 10.2. The van der Waals surface area contributed by atoms with Crippen LogP contribution in [-0.2, 0) is 11.3 Å². The van der Waals surface area contributed by atoms with Crippen molar-refractivity contribution in [3.63, 3.8) is 0 Å². The van der Waals surface area contributed by atoms with E-state index in [-0.39, 0.29) is 5.91 Å². The summed E-state index contributed by atoms with van der Waals surface area (Å²) in [7, 11) is 0. The second-order valence-corrected chi connectivity index (χ2v) is 8.15. The number of aromatic nitrogens is 1. The fourth-order valence-electron chi connectivity index (χ4n) is 5.15. The summed E-state index contributed by atoms with van der Waals surface area (Å²) in [6, 6.07) is 16.9. The molecule has 3 nitrogen and oxygen atoms in total. The lowest BCUT2D eigenvalue weighted by atomic mass is 9.75. The Morgan fingerprint density at radius 2 is 1.78 bits per heavy atom. The Hall–Kier alpha value is -2.55. The van der Waals surface area contributed by atoms with Crippen molar-refractivity contribution in [1.82, 2.24) is 4.57 Å². The van der Waals surface area contributed by atoms with E-state index in [1.54, 1.807) is 0 Å². The molecule has 0 spiro atoms. The topological polar surface area (TPSA) is 34.0 Å². The van der Waals surface area contributed by atoms with Gasteiger partial charge in [0.1, 0.15) is 0 Å². The van der Waals surface area contributed by atoms with Gasteiger partial charge in [-0.25, -0.2) is 0 Å². The van der Waals surface area contributed by atoms with Gasteiger partial charge in [-0.15, -0.1) is 0 Å². The van der Waals surface area contributed by atoms with Crippen LogP contribution in [0.25, 0.3) is 10.9 Å². The van der Waals surface area contributed by atoms with Gasteiger partial charge in [0.05, 0.1) is 11.2 Å². The highest BCUT2D eigenvalue weighted by molar-refractivity contribution is 6.05. The number of amides is 1. The largest absolute Gasteiger partial charge is 0.343 e. The highest BCUT2D eigenvalue weighted by Crippen LogP contribution is 2.45. The fourth-order valence-corrected chi connectivity index (χ4v) is 5.15. The average Bonchev–Trinajstić information content (AvgIpc) is 2.99. The Morgan fingerprint density at radius 3 is 2.59 bits per heavy atom. The van der Waals surface area contributed by atoms with E-state index in [4.69, 9.17) is 0 Å². The molecule has 1 saturated carbocycles. The number of benzene rings is 2. The Morgan fingerprint density at radius 1 is 0.963 bits per heavy atom. The minimum Gasteiger partial charge on any atom is -0.343 e. The summed E-state index contributed by atoms with van der Waals surface area (Å²) in [6.45, 7) is 0.867. The van der Waals surface area contributed by atoms with Crippen molar-refractivity contribution in [2.75, 3.05) is 5.32 Å². The summed E-state index contributed by atoms with van der Waals surface area (Å²) in [5, 5.41) is 4.44. The molecule has 0 bridgehead atoms. The van der Waals surface area contributed by atoms with Gasteiger partial charge in [-0.1, -0.05) is 55.7 Å². The normalized spacial score (nSPS) is 20.4. The van der Waals surface area contributed by atoms with Crippen LogP contribution < -0.4 is 5.32 Å². The number of hydrogen-bond acceptors (Lipinski definition) is 1. The van der Waals surface area contributed by atoms with E-state index < -0.39 is 0 Å². The average molecular weight is 358 g/mol. The van der Waals surface area contributed by atoms with Gasteiger partial charge in [0, 0.05) is 24.5 Å². The smallest absolute Gasteiger partial charge is 0.225 e. The third kappa shape index (κ3) is 3.05. The third-order valence-corrected chi connectivity index (χ3v) is 6.43. The summed E-state index contributed by atoms with van der Waals surface area (Å²) in [4.78, 5) is 12.6. The molecule has 1 aromatic heterocycles. The molecule has 2 aromatic carbocycles. The first-order valence-electron chi connectivity index (χ1n) is 10.2. The van der Waals surface area contributed by atoms with E-state index in [9.17, 15) is 4.79 Å². The number of rotatable bonds is 3. The van der Waals surface area contributed by atoms with Crippen LogP contribution >= 0.6 is 0 Å². The summed E-state index contributed by atoms with van der Waals surface area (Å²) in [6.07, 6.45) is 9.41. The zero-order valence-corrected chi connectivity index (χ0v) is 15.7. The molecule has 1 aliphatic carbocycles. The van der Waals surface area contributed by atoms with Gasteiger partial charge in [0.25, 0.3) is 0 Å². The molecule has 3 aromatic rings. The molecule has 1 amide bonds. The van der Waals surface area contributed by atoms with Crippen LogP contribution in [-0.4, -0.2) is 10.5 Å². The molecule has 1 N–H and O–H groups in total. The molecule has 1 fully saturated rings. The molecular formula is C24H26N2O. The Balaban J connectivity index is 1.63. The molecule has 1 aliphatic heterocycles. The first kappa shape index (κ1) is 16.6. The molecule has 3 heteroatoms. The van der Waals surface area contributed by atoms with E-state index >= 15 is 0 Å². The molecule has 1 atom stereocenters. The first-order chi connectivity index (χ1) is 13.3. The quantitative estimate of drug-likeness (QED) is 0.640. The number of nitrogens with zero attached hydrogens (tertiary/aromatic N) is 1. The molecule has 0 unspecified atom stereocenters. The maximum Gasteiger partial charge on any atom is 0.225 e. The molecule has 27 heavy (non-hydrogen) atoms.